The van der Waals surface area contributed by atoms with E-state index in [1.807, 2.05) is 30.3 Å². The Morgan fingerprint density at radius 2 is 1.93 bits per heavy atom. The molecule has 2 unspecified atom stereocenters. The molecular formula is C20H33BN2O6. The molecule has 1 aliphatic rings. The fraction of sp³-hybridized carbons (Fsp3) is 0.600. The summed E-state index contributed by atoms with van der Waals surface area (Å²) in [7, 11) is -0.264. The van der Waals surface area contributed by atoms with Gasteiger partial charge in [0.2, 0.25) is 12.3 Å². The lowest BCUT2D eigenvalue weighted by Crippen LogP contribution is -2.54. The molecule has 2 atom stereocenters. The third-order valence-corrected chi connectivity index (χ3v) is 4.51. The first-order valence-electron chi connectivity index (χ1n) is 10.0. The normalized spacial score (nSPS) is 15.3. The minimum Gasteiger partial charge on any atom is -0.426 e. The molecule has 1 aromatic rings. The number of amides is 2. The van der Waals surface area contributed by atoms with Crippen LogP contribution in [0.3, 0.4) is 0 Å². The minimum absolute atomic E-state index is 0.00281. The Morgan fingerprint density at radius 3 is 2.41 bits per heavy atom. The Kier molecular flexibility index (Phi) is 13.8. The third kappa shape index (κ3) is 11.6. The van der Waals surface area contributed by atoms with Gasteiger partial charge in [0.25, 0.3) is 0 Å². The Hall–Kier alpha value is -1.94. The van der Waals surface area contributed by atoms with E-state index >= 15 is 0 Å². The van der Waals surface area contributed by atoms with Crippen molar-refractivity contribution in [3.63, 3.8) is 0 Å². The summed E-state index contributed by atoms with van der Waals surface area (Å²) in [6, 6.07) is 8.93. The molecule has 1 aliphatic heterocycles. The van der Waals surface area contributed by atoms with Crippen molar-refractivity contribution in [2.75, 3.05) is 26.9 Å². The Balaban J connectivity index is 0.000000594. The van der Waals surface area contributed by atoms with Crippen molar-refractivity contribution in [3.05, 3.63) is 35.9 Å². The second-order valence-corrected chi connectivity index (χ2v) is 6.87. The van der Waals surface area contributed by atoms with Gasteiger partial charge >= 0.3 is 7.12 Å². The molecule has 2 amide bonds. The van der Waals surface area contributed by atoms with E-state index in [1.54, 1.807) is 0 Å². The number of rotatable bonds is 11. The van der Waals surface area contributed by atoms with E-state index < -0.39 is 25.0 Å². The average Bonchev–Trinajstić information content (AvgIpc) is 2.75. The Bertz CT molecular complexity index is 546. The maximum Gasteiger partial charge on any atom is 0.475 e. The number of carbonyl (C=O) groups excluding carboxylic acids is 2. The van der Waals surface area contributed by atoms with Crippen LogP contribution in [0.4, 0.5) is 0 Å². The summed E-state index contributed by atoms with van der Waals surface area (Å²) >= 11 is 0. The minimum atomic E-state index is -1.67. The van der Waals surface area contributed by atoms with E-state index in [0.717, 1.165) is 25.2 Å². The Labute approximate surface area is 173 Å². The highest BCUT2D eigenvalue weighted by atomic mass is 16.5. The number of hydrogen-bond donors (Lipinski definition) is 4. The van der Waals surface area contributed by atoms with E-state index in [9.17, 15) is 19.6 Å². The highest BCUT2D eigenvalue weighted by Gasteiger charge is 2.28. The number of ether oxygens (including phenoxy) is 2. The summed E-state index contributed by atoms with van der Waals surface area (Å²) in [5, 5.41) is 23.7. The second-order valence-electron chi connectivity index (χ2n) is 6.87. The highest BCUT2D eigenvalue weighted by Crippen LogP contribution is 2.07. The first-order chi connectivity index (χ1) is 14.1. The van der Waals surface area contributed by atoms with E-state index in [1.165, 1.54) is 26.4 Å². The molecule has 1 saturated heterocycles. The number of carbonyl (C=O) groups is 2. The number of hydrogen-bond acceptors (Lipinski definition) is 6. The number of benzene rings is 1. The summed E-state index contributed by atoms with van der Waals surface area (Å²) in [5.41, 5.74) is 1.14. The molecule has 4 N–H and O–H groups in total. The summed E-state index contributed by atoms with van der Waals surface area (Å²) in [6.07, 6.45) is 6.19. The standard InChI is InChI=1S/C15H23BN2O5.C5H10O/c1-23-10-13(17-11-19)15(20)18-14(16(21)22)9-5-8-12-6-3-2-4-7-12;1-2-4-6-5-3-1/h2-4,6-7,11,13-14,21-22H,5,8-10H2,1H3,(H,17,19)(H,18,20);1-5H2. The zero-order valence-corrected chi connectivity index (χ0v) is 17.1. The van der Waals surface area contributed by atoms with Crippen molar-refractivity contribution < 1.29 is 29.1 Å². The molecule has 8 nitrogen and oxygen atoms in total. The summed E-state index contributed by atoms with van der Waals surface area (Å²) in [5.74, 6) is -1.32. The molecule has 1 heterocycles. The fourth-order valence-electron chi connectivity index (χ4n) is 2.89. The molecule has 1 fully saturated rings. The van der Waals surface area contributed by atoms with Crippen LogP contribution in [0.15, 0.2) is 30.3 Å². The van der Waals surface area contributed by atoms with Crippen LogP contribution in [0.5, 0.6) is 0 Å². The van der Waals surface area contributed by atoms with Gasteiger partial charge in [-0.05, 0) is 44.1 Å². The van der Waals surface area contributed by atoms with Crippen molar-refractivity contribution in [2.45, 2.75) is 50.5 Å². The van der Waals surface area contributed by atoms with Crippen LogP contribution < -0.4 is 10.6 Å². The van der Waals surface area contributed by atoms with Gasteiger partial charge < -0.3 is 30.2 Å². The molecule has 0 saturated carbocycles. The topological polar surface area (TPSA) is 117 Å². The maximum absolute atomic E-state index is 12.0. The molecular weight excluding hydrogens is 375 g/mol. The van der Waals surface area contributed by atoms with Gasteiger partial charge in [0.15, 0.2) is 0 Å². The van der Waals surface area contributed by atoms with Gasteiger partial charge in [0.1, 0.15) is 6.04 Å². The van der Waals surface area contributed by atoms with Gasteiger partial charge in [-0.2, -0.15) is 0 Å². The van der Waals surface area contributed by atoms with Crippen molar-refractivity contribution >= 4 is 19.4 Å². The van der Waals surface area contributed by atoms with Crippen LogP contribution in [0.25, 0.3) is 0 Å². The van der Waals surface area contributed by atoms with Gasteiger partial charge in [-0.15, -0.1) is 0 Å². The lowest BCUT2D eigenvalue weighted by molar-refractivity contribution is -0.127. The van der Waals surface area contributed by atoms with Crippen molar-refractivity contribution in [3.8, 4) is 0 Å². The number of nitrogens with one attached hydrogen (secondary N) is 2. The van der Waals surface area contributed by atoms with Crippen molar-refractivity contribution in [1.82, 2.24) is 10.6 Å². The molecule has 29 heavy (non-hydrogen) atoms. The molecule has 0 radical (unpaired) electrons. The van der Waals surface area contributed by atoms with Gasteiger partial charge in [0.05, 0.1) is 12.5 Å². The van der Waals surface area contributed by atoms with E-state index in [4.69, 9.17) is 9.47 Å². The lowest BCUT2D eigenvalue weighted by Gasteiger charge is -2.21. The summed E-state index contributed by atoms with van der Waals surface area (Å²) in [6.45, 7) is 2.00. The quantitative estimate of drug-likeness (QED) is 0.312. The van der Waals surface area contributed by atoms with Crippen LogP contribution in [0.2, 0.25) is 0 Å². The molecule has 162 valence electrons. The monoisotopic (exact) mass is 408 g/mol. The first kappa shape index (κ1) is 25.1. The molecule has 1 aromatic carbocycles. The van der Waals surface area contributed by atoms with Crippen LogP contribution in [-0.4, -0.2) is 68.4 Å². The largest absolute Gasteiger partial charge is 0.475 e. The molecule has 0 spiro atoms. The number of aryl methyl sites for hydroxylation is 1. The maximum atomic E-state index is 12.0. The zero-order chi connectivity index (χ0) is 21.3. The fourth-order valence-corrected chi connectivity index (χ4v) is 2.89. The summed E-state index contributed by atoms with van der Waals surface area (Å²) in [4.78, 5) is 22.5. The Morgan fingerprint density at radius 1 is 1.24 bits per heavy atom. The molecule has 0 aliphatic carbocycles. The van der Waals surface area contributed by atoms with E-state index in [-0.39, 0.29) is 6.61 Å². The van der Waals surface area contributed by atoms with E-state index in [0.29, 0.717) is 19.3 Å². The van der Waals surface area contributed by atoms with Crippen molar-refractivity contribution in [1.29, 1.82) is 0 Å². The first-order valence-corrected chi connectivity index (χ1v) is 10.0. The van der Waals surface area contributed by atoms with Gasteiger partial charge in [-0.1, -0.05) is 30.3 Å². The zero-order valence-electron chi connectivity index (χ0n) is 17.1. The highest BCUT2D eigenvalue weighted by molar-refractivity contribution is 6.43. The number of methoxy groups -OCH3 is 1. The predicted octanol–water partition coefficient (Wildman–Crippen LogP) is 0.454. The van der Waals surface area contributed by atoms with Gasteiger partial charge in [0, 0.05) is 20.3 Å². The van der Waals surface area contributed by atoms with Gasteiger partial charge in [-0.25, -0.2) is 0 Å². The van der Waals surface area contributed by atoms with E-state index in [2.05, 4.69) is 10.6 Å². The summed E-state index contributed by atoms with van der Waals surface area (Å²) < 4.78 is 9.92. The van der Waals surface area contributed by atoms with Crippen LogP contribution in [0, 0.1) is 0 Å². The average molecular weight is 408 g/mol. The molecule has 0 aromatic heterocycles. The smallest absolute Gasteiger partial charge is 0.426 e. The molecule has 0 bridgehead atoms. The third-order valence-electron chi connectivity index (χ3n) is 4.51. The van der Waals surface area contributed by atoms with Crippen molar-refractivity contribution in [2.24, 2.45) is 0 Å². The second kappa shape index (κ2) is 15.9. The van der Waals surface area contributed by atoms with Gasteiger partial charge in [-0.3, -0.25) is 9.59 Å². The molecule has 9 heteroatoms. The van der Waals surface area contributed by atoms with Crippen LogP contribution in [-0.2, 0) is 25.5 Å². The predicted molar refractivity (Wildman–Crippen MR) is 111 cm³/mol. The lowest BCUT2D eigenvalue weighted by atomic mass is 9.76. The molecule has 2 rings (SSSR count). The van der Waals surface area contributed by atoms with Crippen LogP contribution >= 0.6 is 0 Å². The van der Waals surface area contributed by atoms with Crippen LogP contribution in [0.1, 0.15) is 37.7 Å². The SMILES string of the molecule is C1CCOCC1.COCC(NC=O)C(=O)NC(CCCc1ccccc1)B(O)O.